The van der Waals surface area contributed by atoms with E-state index in [1.807, 2.05) is 17.2 Å². The molecule has 3 aliphatic rings. The average molecular weight is 234 g/mol. The summed E-state index contributed by atoms with van der Waals surface area (Å²) >= 11 is 0. The highest BCUT2D eigenvalue weighted by atomic mass is 16.2. The number of nitrogens with zero attached hydrogens (tertiary/aromatic N) is 1. The fraction of sp³-hybridized carbons (Fsp3) is 0.583. The van der Waals surface area contributed by atoms with Gasteiger partial charge in [0.1, 0.15) is 6.04 Å². The molecule has 92 valence electrons. The van der Waals surface area contributed by atoms with Gasteiger partial charge in [0.05, 0.1) is 0 Å². The molecule has 17 heavy (non-hydrogen) atoms. The van der Waals surface area contributed by atoms with E-state index in [1.165, 1.54) is 19.3 Å². The minimum absolute atomic E-state index is 0.0550. The van der Waals surface area contributed by atoms with Gasteiger partial charge in [-0.25, -0.2) is 10.4 Å². The van der Waals surface area contributed by atoms with E-state index in [1.54, 1.807) is 0 Å². The molecule has 2 unspecified atom stereocenters. The number of amides is 1. The maximum Gasteiger partial charge on any atom is 0.254 e. The fourth-order valence-electron chi connectivity index (χ4n) is 2.62. The molecule has 1 aliphatic carbocycles. The number of nitrogens with one attached hydrogen (secondary N) is 3. The van der Waals surface area contributed by atoms with Crippen LogP contribution in [0.2, 0.25) is 0 Å². The predicted molar refractivity (Wildman–Crippen MR) is 64.3 cm³/mol. The molecule has 0 aromatic carbocycles. The van der Waals surface area contributed by atoms with Crippen LogP contribution in [0.4, 0.5) is 0 Å². The van der Waals surface area contributed by atoms with Crippen LogP contribution in [0, 0.1) is 5.92 Å². The summed E-state index contributed by atoms with van der Waals surface area (Å²) in [6.07, 6.45) is 9.67. The van der Waals surface area contributed by atoms with E-state index in [0.717, 1.165) is 18.8 Å². The van der Waals surface area contributed by atoms with Crippen molar-refractivity contribution in [3.05, 3.63) is 23.9 Å². The Hall–Kier alpha value is -1.33. The Morgan fingerprint density at radius 3 is 3.00 bits per heavy atom. The Morgan fingerprint density at radius 2 is 2.18 bits per heavy atom. The fourth-order valence-corrected chi connectivity index (χ4v) is 2.62. The smallest absolute Gasteiger partial charge is 0.254 e. The molecule has 2 fully saturated rings. The van der Waals surface area contributed by atoms with Crippen LogP contribution in [0.25, 0.3) is 0 Å². The zero-order valence-corrected chi connectivity index (χ0v) is 9.78. The molecule has 1 amide bonds. The molecule has 0 spiro atoms. The molecule has 2 heterocycles. The van der Waals surface area contributed by atoms with E-state index in [4.69, 9.17) is 0 Å². The molecule has 3 rings (SSSR count). The van der Waals surface area contributed by atoms with Crippen LogP contribution < -0.4 is 16.3 Å². The molecule has 2 aliphatic heterocycles. The summed E-state index contributed by atoms with van der Waals surface area (Å²) in [4.78, 5) is 12.1. The van der Waals surface area contributed by atoms with Crippen molar-refractivity contribution in [3.63, 3.8) is 0 Å². The van der Waals surface area contributed by atoms with Gasteiger partial charge >= 0.3 is 0 Å². The summed E-state index contributed by atoms with van der Waals surface area (Å²) in [5.74, 6) is 0.221. The molecule has 5 heteroatoms. The van der Waals surface area contributed by atoms with E-state index in [-0.39, 0.29) is 17.9 Å². The first-order valence-corrected chi connectivity index (χ1v) is 6.30. The van der Waals surface area contributed by atoms with Crippen molar-refractivity contribution in [1.29, 1.82) is 0 Å². The number of piperidine rings is 1. The van der Waals surface area contributed by atoms with Gasteiger partial charge in [-0.2, -0.15) is 0 Å². The maximum atomic E-state index is 12.1. The van der Waals surface area contributed by atoms with Gasteiger partial charge in [0, 0.05) is 24.7 Å². The molecule has 0 bridgehead atoms. The molecule has 3 N–H and O–H groups in total. The quantitative estimate of drug-likeness (QED) is 0.632. The largest absolute Gasteiger partial charge is 0.324 e. The third kappa shape index (κ3) is 2.08. The first-order chi connectivity index (χ1) is 8.34. The number of fused-ring (bicyclic) bond motifs is 1. The number of rotatable bonds is 2. The van der Waals surface area contributed by atoms with Crippen molar-refractivity contribution in [2.75, 3.05) is 13.1 Å². The molecular weight excluding hydrogens is 216 g/mol. The number of carbonyl (C=O) groups excluding carboxylic acids is 1. The van der Waals surface area contributed by atoms with Crippen molar-refractivity contribution < 1.29 is 4.79 Å². The van der Waals surface area contributed by atoms with Gasteiger partial charge in [0.2, 0.25) is 0 Å². The van der Waals surface area contributed by atoms with E-state index in [2.05, 4.69) is 22.4 Å². The van der Waals surface area contributed by atoms with Crippen LogP contribution >= 0.6 is 0 Å². The van der Waals surface area contributed by atoms with Gasteiger partial charge in [0.15, 0.2) is 0 Å². The monoisotopic (exact) mass is 234 g/mol. The highest BCUT2D eigenvalue weighted by Gasteiger charge is 2.36. The zero-order chi connectivity index (χ0) is 11.7. The van der Waals surface area contributed by atoms with Crippen molar-refractivity contribution >= 4 is 5.91 Å². The van der Waals surface area contributed by atoms with E-state index in [0.29, 0.717) is 0 Å². The Kier molecular flexibility index (Phi) is 2.86. The van der Waals surface area contributed by atoms with Gasteiger partial charge in [-0.15, -0.1) is 0 Å². The third-order valence-corrected chi connectivity index (χ3v) is 3.59. The number of carbonyl (C=O) groups is 1. The first kappa shape index (κ1) is 10.8. The van der Waals surface area contributed by atoms with Gasteiger partial charge in [-0.1, -0.05) is 18.6 Å². The predicted octanol–water partition coefficient (Wildman–Crippen LogP) is 0.0498. The van der Waals surface area contributed by atoms with Crippen LogP contribution in [-0.4, -0.2) is 30.0 Å². The Bertz CT molecular complexity index is 371. The van der Waals surface area contributed by atoms with Crippen molar-refractivity contribution in [1.82, 2.24) is 21.3 Å². The lowest BCUT2D eigenvalue weighted by molar-refractivity contribution is -0.128. The Balaban J connectivity index is 1.59. The molecule has 5 nitrogen and oxygen atoms in total. The second kappa shape index (κ2) is 4.50. The summed E-state index contributed by atoms with van der Waals surface area (Å²) in [6.45, 7) is 1.93. The SMILES string of the molecule is O=C(NN1CCCCC1)C1NNC2=CC=CC21. The van der Waals surface area contributed by atoms with Crippen LogP contribution in [0.5, 0.6) is 0 Å². The van der Waals surface area contributed by atoms with E-state index < -0.39 is 0 Å². The zero-order valence-electron chi connectivity index (χ0n) is 9.78. The Labute approximate surface area is 101 Å². The number of hydrogen-bond acceptors (Lipinski definition) is 4. The van der Waals surface area contributed by atoms with Crippen molar-refractivity contribution in [2.45, 2.75) is 25.3 Å². The average Bonchev–Trinajstić information content (AvgIpc) is 2.91. The summed E-state index contributed by atoms with van der Waals surface area (Å²) in [6, 6.07) is -0.193. The van der Waals surface area contributed by atoms with Gasteiger partial charge < -0.3 is 5.43 Å². The van der Waals surface area contributed by atoms with Crippen molar-refractivity contribution in [2.24, 2.45) is 5.92 Å². The lowest BCUT2D eigenvalue weighted by Crippen LogP contribution is -2.53. The lowest BCUT2D eigenvalue weighted by atomic mass is 10.0. The second-order valence-corrected chi connectivity index (χ2v) is 4.80. The standard InChI is InChI=1S/C12H18N4O/c17-12(15-16-7-2-1-3-8-16)11-9-5-4-6-10(9)13-14-11/h4-6,9,11,13-14H,1-3,7-8H2,(H,15,17). The molecule has 0 saturated carbocycles. The minimum Gasteiger partial charge on any atom is -0.324 e. The molecule has 0 aromatic rings. The molecule has 0 radical (unpaired) electrons. The second-order valence-electron chi connectivity index (χ2n) is 4.80. The van der Waals surface area contributed by atoms with Gasteiger partial charge in [0.25, 0.3) is 5.91 Å². The minimum atomic E-state index is -0.193. The first-order valence-electron chi connectivity index (χ1n) is 6.30. The van der Waals surface area contributed by atoms with Crippen LogP contribution in [0.15, 0.2) is 23.9 Å². The summed E-state index contributed by atoms with van der Waals surface area (Å²) < 4.78 is 0. The van der Waals surface area contributed by atoms with Crippen LogP contribution in [-0.2, 0) is 4.79 Å². The highest BCUT2D eigenvalue weighted by Crippen LogP contribution is 2.24. The number of hydrogen-bond donors (Lipinski definition) is 3. The van der Waals surface area contributed by atoms with E-state index >= 15 is 0 Å². The van der Waals surface area contributed by atoms with Crippen LogP contribution in [0.3, 0.4) is 0 Å². The van der Waals surface area contributed by atoms with Gasteiger partial charge in [-0.05, 0) is 18.9 Å². The molecular formula is C12H18N4O. The van der Waals surface area contributed by atoms with Crippen LogP contribution in [0.1, 0.15) is 19.3 Å². The third-order valence-electron chi connectivity index (χ3n) is 3.59. The summed E-state index contributed by atoms with van der Waals surface area (Å²) in [7, 11) is 0. The number of allylic oxidation sites excluding steroid dienone is 2. The molecule has 0 aromatic heterocycles. The lowest BCUT2D eigenvalue weighted by Gasteiger charge is -2.28. The summed E-state index contributed by atoms with van der Waals surface area (Å²) in [5, 5.41) is 2.04. The highest BCUT2D eigenvalue weighted by molar-refractivity contribution is 5.83. The maximum absolute atomic E-state index is 12.1. The van der Waals surface area contributed by atoms with Gasteiger partial charge in [-0.3, -0.25) is 10.2 Å². The topological polar surface area (TPSA) is 56.4 Å². The van der Waals surface area contributed by atoms with E-state index in [9.17, 15) is 4.79 Å². The van der Waals surface area contributed by atoms with Crippen molar-refractivity contribution in [3.8, 4) is 0 Å². The number of hydrazine groups is 2. The molecule has 2 atom stereocenters. The Morgan fingerprint density at radius 1 is 1.35 bits per heavy atom. The normalized spacial score (nSPS) is 31.9. The molecule has 2 saturated heterocycles. The summed E-state index contributed by atoms with van der Waals surface area (Å²) in [5.41, 5.74) is 10.2.